The van der Waals surface area contributed by atoms with E-state index in [-0.39, 0.29) is 6.04 Å². The number of rotatable bonds is 7. The van der Waals surface area contributed by atoms with Crippen LogP contribution in [-0.2, 0) is 4.74 Å². The SMILES string of the molecule is Cc1cc(C)c(C2COC(C=C(Nc3c(C(C)C)cccc3C(C)C)c3ccccc3)=N2)c(C)c1. The molecule has 1 heterocycles. The lowest BCUT2D eigenvalue weighted by Crippen LogP contribution is -2.09. The summed E-state index contributed by atoms with van der Waals surface area (Å²) in [5.74, 6) is 1.49. The Morgan fingerprint density at radius 1 is 0.886 bits per heavy atom. The Hall–Kier alpha value is -3.33. The van der Waals surface area contributed by atoms with Crippen molar-refractivity contribution in [2.75, 3.05) is 11.9 Å². The third-order valence-electron chi connectivity index (χ3n) is 6.73. The van der Waals surface area contributed by atoms with Gasteiger partial charge in [0.2, 0.25) is 5.90 Å². The first-order chi connectivity index (χ1) is 16.7. The molecule has 1 aliphatic rings. The van der Waals surface area contributed by atoms with E-state index in [1.807, 2.05) is 6.07 Å². The van der Waals surface area contributed by atoms with E-state index in [9.17, 15) is 0 Å². The third kappa shape index (κ3) is 5.51. The molecule has 0 amide bonds. The van der Waals surface area contributed by atoms with E-state index in [0.29, 0.717) is 24.3 Å². The van der Waals surface area contributed by atoms with Crippen molar-refractivity contribution in [3.05, 3.63) is 106 Å². The van der Waals surface area contributed by atoms with Gasteiger partial charge in [0.1, 0.15) is 12.6 Å². The van der Waals surface area contributed by atoms with E-state index in [2.05, 4.69) is 114 Å². The number of anilines is 1. The van der Waals surface area contributed by atoms with E-state index < -0.39 is 0 Å². The third-order valence-corrected chi connectivity index (χ3v) is 6.73. The molecule has 0 saturated carbocycles. The zero-order chi connectivity index (χ0) is 25.1. The molecule has 3 heteroatoms. The molecular weight excluding hydrogens is 428 g/mol. The molecule has 3 aromatic carbocycles. The summed E-state index contributed by atoms with van der Waals surface area (Å²) in [5, 5.41) is 3.81. The van der Waals surface area contributed by atoms with Gasteiger partial charge in [-0.05, 0) is 66.0 Å². The molecule has 3 nitrogen and oxygen atoms in total. The van der Waals surface area contributed by atoms with E-state index in [0.717, 1.165) is 11.3 Å². The molecular formula is C32H38N2O. The smallest absolute Gasteiger partial charge is 0.211 e. The highest BCUT2D eigenvalue weighted by molar-refractivity contribution is 5.99. The van der Waals surface area contributed by atoms with Crippen molar-refractivity contribution < 1.29 is 4.74 Å². The van der Waals surface area contributed by atoms with Gasteiger partial charge >= 0.3 is 0 Å². The summed E-state index contributed by atoms with van der Waals surface area (Å²) in [4.78, 5) is 5.01. The van der Waals surface area contributed by atoms with Gasteiger partial charge in [0.15, 0.2) is 0 Å². The van der Waals surface area contributed by atoms with Gasteiger partial charge in [-0.25, -0.2) is 4.99 Å². The molecule has 0 aliphatic carbocycles. The highest BCUT2D eigenvalue weighted by Crippen LogP contribution is 2.35. The number of para-hydroxylation sites is 1. The summed E-state index contributed by atoms with van der Waals surface area (Å²) >= 11 is 0. The van der Waals surface area contributed by atoms with Crippen LogP contribution in [-0.4, -0.2) is 12.5 Å². The number of nitrogens with one attached hydrogen (secondary N) is 1. The predicted molar refractivity (Wildman–Crippen MR) is 149 cm³/mol. The normalized spacial score (nSPS) is 16.0. The quantitative estimate of drug-likeness (QED) is 0.379. The molecule has 182 valence electrons. The van der Waals surface area contributed by atoms with Gasteiger partial charge in [-0.1, -0.05) is 93.9 Å². The molecule has 35 heavy (non-hydrogen) atoms. The predicted octanol–water partition coefficient (Wildman–Crippen LogP) is 8.48. The Bertz CT molecular complexity index is 1200. The molecule has 0 spiro atoms. The number of nitrogens with zero attached hydrogens (tertiary/aromatic N) is 1. The second kappa shape index (κ2) is 10.5. The zero-order valence-electron chi connectivity index (χ0n) is 22.1. The standard InChI is InChI=1S/C32H38N2O/c1-20(2)26-14-11-15-27(21(3)4)32(26)34-28(25-12-9-8-10-13-25)18-30-33-29(19-35-30)31-23(6)16-22(5)17-24(31)7/h8-18,20-21,29,34H,19H2,1-7H3. The zero-order valence-corrected chi connectivity index (χ0v) is 22.1. The van der Waals surface area contributed by atoms with Crippen molar-refractivity contribution in [1.82, 2.24) is 0 Å². The lowest BCUT2D eigenvalue weighted by Gasteiger charge is -2.22. The van der Waals surface area contributed by atoms with E-state index >= 15 is 0 Å². The number of ether oxygens (including phenoxy) is 1. The average Bonchev–Trinajstić information content (AvgIpc) is 3.26. The Balaban J connectivity index is 1.76. The summed E-state index contributed by atoms with van der Waals surface area (Å²) in [7, 11) is 0. The van der Waals surface area contributed by atoms with Crippen molar-refractivity contribution in [3.8, 4) is 0 Å². The summed E-state index contributed by atoms with van der Waals surface area (Å²) in [5.41, 5.74) is 11.0. The second-order valence-electron chi connectivity index (χ2n) is 10.3. The molecule has 0 saturated heterocycles. The molecule has 1 aliphatic heterocycles. The average molecular weight is 467 g/mol. The van der Waals surface area contributed by atoms with Crippen molar-refractivity contribution in [3.63, 3.8) is 0 Å². The van der Waals surface area contributed by atoms with Crippen LogP contribution in [0.5, 0.6) is 0 Å². The molecule has 0 radical (unpaired) electrons. The number of benzene rings is 3. The van der Waals surface area contributed by atoms with Gasteiger partial charge in [-0.15, -0.1) is 0 Å². The van der Waals surface area contributed by atoms with Crippen LogP contribution in [0.3, 0.4) is 0 Å². The molecule has 0 aromatic heterocycles. The van der Waals surface area contributed by atoms with Crippen LogP contribution in [0.1, 0.15) is 84.5 Å². The fourth-order valence-corrected chi connectivity index (χ4v) is 5.10. The van der Waals surface area contributed by atoms with E-state index in [1.165, 1.54) is 39.1 Å². The van der Waals surface area contributed by atoms with Crippen LogP contribution in [0.2, 0.25) is 0 Å². The Kier molecular flexibility index (Phi) is 7.45. The monoisotopic (exact) mass is 466 g/mol. The summed E-state index contributed by atoms with van der Waals surface area (Å²) in [6, 6.07) is 21.6. The summed E-state index contributed by atoms with van der Waals surface area (Å²) in [6.45, 7) is 16.0. The number of aliphatic imine (C=N–C) groups is 1. The fraction of sp³-hybridized carbons (Fsp3) is 0.344. The van der Waals surface area contributed by atoms with Crippen molar-refractivity contribution in [2.45, 2.75) is 66.3 Å². The van der Waals surface area contributed by atoms with E-state index in [4.69, 9.17) is 9.73 Å². The second-order valence-corrected chi connectivity index (χ2v) is 10.3. The summed E-state index contributed by atoms with van der Waals surface area (Å²) in [6.07, 6.45) is 2.06. The molecule has 1 N–H and O–H groups in total. The first-order valence-electron chi connectivity index (χ1n) is 12.7. The molecule has 4 rings (SSSR count). The van der Waals surface area contributed by atoms with Crippen LogP contribution in [0.25, 0.3) is 5.70 Å². The maximum Gasteiger partial charge on any atom is 0.211 e. The van der Waals surface area contributed by atoms with Gasteiger partial charge in [0.05, 0.1) is 5.70 Å². The van der Waals surface area contributed by atoms with Crippen LogP contribution in [0.15, 0.2) is 71.7 Å². The van der Waals surface area contributed by atoms with Crippen LogP contribution < -0.4 is 5.32 Å². The maximum atomic E-state index is 6.14. The fourth-order valence-electron chi connectivity index (χ4n) is 5.10. The Morgan fingerprint density at radius 3 is 2.06 bits per heavy atom. The minimum atomic E-state index is 0.0213. The van der Waals surface area contributed by atoms with Crippen molar-refractivity contribution >= 4 is 17.3 Å². The van der Waals surface area contributed by atoms with Crippen molar-refractivity contribution in [2.24, 2.45) is 4.99 Å². The van der Waals surface area contributed by atoms with E-state index in [1.54, 1.807) is 0 Å². The minimum absolute atomic E-state index is 0.0213. The van der Waals surface area contributed by atoms with Crippen molar-refractivity contribution in [1.29, 1.82) is 0 Å². The molecule has 1 atom stereocenters. The van der Waals surface area contributed by atoms with Crippen LogP contribution in [0.4, 0.5) is 5.69 Å². The van der Waals surface area contributed by atoms with Gasteiger partial charge in [0, 0.05) is 11.8 Å². The van der Waals surface area contributed by atoms with Gasteiger partial charge < -0.3 is 10.1 Å². The Morgan fingerprint density at radius 2 is 1.49 bits per heavy atom. The first-order valence-corrected chi connectivity index (χ1v) is 12.7. The van der Waals surface area contributed by atoms with Gasteiger partial charge in [0.25, 0.3) is 0 Å². The Labute approximate surface area is 211 Å². The minimum Gasteiger partial charge on any atom is -0.475 e. The lowest BCUT2D eigenvalue weighted by atomic mass is 9.92. The lowest BCUT2D eigenvalue weighted by molar-refractivity contribution is 0.320. The number of hydrogen-bond donors (Lipinski definition) is 1. The number of aryl methyl sites for hydroxylation is 3. The van der Waals surface area contributed by atoms with Crippen LogP contribution >= 0.6 is 0 Å². The molecule has 3 aromatic rings. The topological polar surface area (TPSA) is 33.6 Å². The van der Waals surface area contributed by atoms with Gasteiger partial charge in [-0.3, -0.25) is 0 Å². The summed E-state index contributed by atoms with van der Waals surface area (Å²) < 4.78 is 6.14. The molecule has 0 fully saturated rings. The van der Waals surface area contributed by atoms with Crippen LogP contribution in [0, 0.1) is 20.8 Å². The molecule has 1 unspecified atom stereocenters. The van der Waals surface area contributed by atoms with Gasteiger partial charge in [-0.2, -0.15) is 0 Å². The molecule has 0 bridgehead atoms. The maximum absolute atomic E-state index is 6.14. The first kappa shape index (κ1) is 24.8. The largest absolute Gasteiger partial charge is 0.475 e. The highest BCUT2D eigenvalue weighted by atomic mass is 16.5. The highest BCUT2D eigenvalue weighted by Gasteiger charge is 2.24. The number of hydrogen-bond acceptors (Lipinski definition) is 3.